The quantitative estimate of drug-likeness (QED) is 0.878. The number of nitrogens with one attached hydrogen (secondary N) is 1. The average Bonchev–Trinajstić information content (AvgIpc) is 2.71. The van der Waals surface area contributed by atoms with E-state index in [0.29, 0.717) is 23.8 Å². The molecule has 1 aromatic heterocycles. The number of aromatic nitrogens is 2. The molecule has 1 saturated heterocycles. The highest BCUT2D eigenvalue weighted by molar-refractivity contribution is 5.46. The molecule has 1 fully saturated rings. The lowest BCUT2D eigenvalue weighted by molar-refractivity contribution is 0.567. The van der Waals surface area contributed by atoms with E-state index in [0.717, 1.165) is 19.3 Å². The molecule has 94 valence electrons. The first-order valence-corrected chi connectivity index (χ1v) is 6.16. The minimum atomic E-state index is -0.337. The molecule has 0 radical (unpaired) electrons. The second-order valence-corrected chi connectivity index (χ2v) is 4.51. The molecule has 2 heterocycles. The van der Waals surface area contributed by atoms with Crippen molar-refractivity contribution in [3.63, 3.8) is 0 Å². The predicted octanol–water partition coefficient (Wildman–Crippen LogP) is 2.42. The molecule has 1 aliphatic heterocycles. The monoisotopic (exact) mass is 238 g/mol. The maximum Gasteiger partial charge on any atom is 0.224 e. The van der Waals surface area contributed by atoms with Crippen LogP contribution in [-0.4, -0.2) is 29.1 Å². The van der Waals surface area contributed by atoms with E-state index in [1.165, 1.54) is 6.20 Å². The summed E-state index contributed by atoms with van der Waals surface area (Å²) in [7, 11) is 1.74. The summed E-state index contributed by atoms with van der Waals surface area (Å²) in [5, 5.41) is 2.85. The van der Waals surface area contributed by atoms with Gasteiger partial charge in [0.1, 0.15) is 0 Å². The Morgan fingerprint density at radius 3 is 2.94 bits per heavy atom. The van der Waals surface area contributed by atoms with E-state index >= 15 is 0 Å². The fourth-order valence-electron chi connectivity index (χ4n) is 2.51. The molecule has 0 aromatic carbocycles. The number of nitrogens with zero attached hydrogens (tertiary/aromatic N) is 3. The van der Waals surface area contributed by atoms with Crippen molar-refractivity contribution in [2.75, 3.05) is 17.3 Å². The summed E-state index contributed by atoms with van der Waals surface area (Å²) in [6, 6.07) is 0.730. The Balaban J connectivity index is 2.37. The van der Waals surface area contributed by atoms with Crippen molar-refractivity contribution >= 4 is 11.8 Å². The first-order valence-electron chi connectivity index (χ1n) is 6.16. The van der Waals surface area contributed by atoms with E-state index in [2.05, 4.69) is 34.0 Å². The highest BCUT2D eigenvalue weighted by Crippen LogP contribution is 2.32. The van der Waals surface area contributed by atoms with Crippen LogP contribution < -0.4 is 10.2 Å². The second kappa shape index (κ2) is 4.85. The van der Waals surface area contributed by atoms with Crippen molar-refractivity contribution in [3.05, 3.63) is 12.0 Å². The average molecular weight is 238 g/mol. The van der Waals surface area contributed by atoms with Gasteiger partial charge in [0.05, 0.1) is 6.20 Å². The molecule has 0 saturated carbocycles. The van der Waals surface area contributed by atoms with Gasteiger partial charge in [-0.05, 0) is 26.2 Å². The Morgan fingerprint density at radius 2 is 2.29 bits per heavy atom. The molecule has 0 amide bonds. The first-order chi connectivity index (χ1) is 8.17. The van der Waals surface area contributed by atoms with Crippen LogP contribution in [-0.2, 0) is 0 Å². The largest absolute Gasteiger partial charge is 0.357 e. The molecule has 17 heavy (non-hydrogen) atoms. The normalized spacial score (nSPS) is 24.1. The third-order valence-electron chi connectivity index (χ3n) is 3.45. The second-order valence-electron chi connectivity index (χ2n) is 4.51. The van der Waals surface area contributed by atoms with Crippen LogP contribution >= 0.6 is 0 Å². The highest BCUT2D eigenvalue weighted by Gasteiger charge is 2.32. The highest BCUT2D eigenvalue weighted by atomic mass is 19.1. The number of rotatable bonds is 3. The molecule has 2 atom stereocenters. The lowest BCUT2D eigenvalue weighted by Gasteiger charge is -2.29. The summed E-state index contributed by atoms with van der Waals surface area (Å²) in [6.07, 6.45) is 4.46. The van der Waals surface area contributed by atoms with Crippen LogP contribution in [0.5, 0.6) is 0 Å². The van der Waals surface area contributed by atoms with Gasteiger partial charge in [-0.15, -0.1) is 0 Å². The zero-order valence-corrected chi connectivity index (χ0v) is 10.6. The molecule has 0 aliphatic carbocycles. The van der Waals surface area contributed by atoms with Gasteiger partial charge in [-0.1, -0.05) is 6.92 Å². The molecule has 1 aliphatic rings. The SMILES string of the molecule is CCC1CCC(C)N1c1nc(NC)ncc1F. The van der Waals surface area contributed by atoms with Crippen molar-refractivity contribution < 1.29 is 4.39 Å². The summed E-state index contributed by atoms with van der Waals surface area (Å²) < 4.78 is 13.8. The molecular formula is C12H19FN4. The molecule has 0 spiro atoms. The standard InChI is InChI=1S/C12H19FN4/c1-4-9-6-5-8(2)17(9)11-10(13)7-15-12(14-3)16-11/h7-9H,4-6H2,1-3H3,(H,14,15,16). The lowest BCUT2D eigenvalue weighted by atomic mass is 10.1. The van der Waals surface area contributed by atoms with Crippen molar-refractivity contribution in [3.8, 4) is 0 Å². The van der Waals surface area contributed by atoms with Crippen LogP contribution in [0.25, 0.3) is 0 Å². The summed E-state index contributed by atoms with van der Waals surface area (Å²) in [5.74, 6) is 0.563. The van der Waals surface area contributed by atoms with Gasteiger partial charge in [-0.2, -0.15) is 4.98 Å². The van der Waals surface area contributed by atoms with Crippen LogP contribution in [0.4, 0.5) is 16.2 Å². The van der Waals surface area contributed by atoms with Crippen LogP contribution in [0.2, 0.25) is 0 Å². The minimum Gasteiger partial charge on any atom is -0.357 e. The van der Waals surface area contributed by atoms with Crippen LogP contribution in [0, 0.1) is 5.82 Å². The van der Waals surface area contributed by atoms with Gasteiger partial charge in [0.2, 0.25) is 5.95 Å². The summed E-state index contributed by atoms with van der Waals surface area (Å²) >= 11 is 0. The Morgan fingerprint density at radius 1 is 1.53 bits per heavy atom. The molecule has 1 aromatic rings. The smallest absolute Gasteiger partial charge is 0.224 e. The number of anilines is 2. The Bertz CT molecular complexity index is 396. The zero-order chi connectivity index (χ0) is 12.4. The molecule has 2 unspecified atom stereocenters. The van der Waals surface area contributed by atoms with E-state index in [1.54, 1.807) is 7.05 Å². The molecule has 2 rings (SSSR count). The van der Waals surface area contributed by atoms with Gasteiger partial charge >= 0.3 is 0 Å². The van der Waals surface area contributed by atoms with Gasteiger partial charge < -0.3 is 10.2 Å². The van der Waals surface area contributed by atoms with Crippen LogP contribution in [0.15, 0.2) is 6.20 Å². The third-order valence-corrected chi connectivity index (χ3v) is 3.45. The van der Waals surface area contributed by atoms with E-state index in [4.69, 9.17) is 0 Å². The van der Waals surface area contributed by atoms with Gasteiger partial charge in [0.15, 0.2) is 11.6 Å². The van der Waals surface area contributed by atoms with E-state index in [1.807, 2.05) is 0 Å². The maximum atomic E-state index is 13.8. The Hall–Kier alpha value is -1.39. The van der Waals surface area contributed by atoms with E-state index in [-0.39, 0.29) is 5.82 Å². The van der Waals surface area contributed by atoms with Crippen molar-refractivity contribution in [2.45, 2.75) is 45.2 Å². The Kier molecular flexibility index (Phi) is 3.45. The molecule has 1 N–H and O–H groups in total. The molecule has 5 heteroatoms. The van der Waals surface area contributed by atoms with Crippen molar-refractivity contribution in [1.82, 2.24) is 9.97 Å². The van der Waals surface area contributed by atoms with Crippen molar-refractivity contribution in [2.24, 2.45) is 0 Å². The van der Waals surface area contributed by atoms with E-state index < -0.39 is 0 Å². The third kappa shape index (κ3) is 2.18. The Labute approximate surface area is 101 Å². The fraction of sp³-hybridized carbons (Fsp3) is 0.667. The molecular weight excluding hydrogens is 219 g/mol. The number of hydrogen-bond donors (Lipinski definition) is 1. The summed E-state index contributed by atoms with van der Waals surface area (Å²) in [6.45, 7) is 4.25. The summed E-state index contributed by atoms with van der Waals surface area (Å²) in [5.41, 5.74) is 0. The van der Waals surface area contributed by atoms with E-state index in [9.17, 15) is 4.39 Å². The van der Waals surface area contributed by atoms with Gasteiger partial charge in [0.25, 0.3) is 0 Å². The predicted molar refractivity (Wildman–Crippen MR) is 66.8 cm³/mol. The van der Waals surface area contributed by atoms with Crippen LogP contribution in [0.1, 0.15) is 33.1 Å². The van der Waals surface area contributed by atoms with Crippen molar-refractivity contribution in [1.29, 1.82) is 0 Å². The van der Waals surface area contributed by atoms with Gasteiger partial charge in [0, 0.05) is 19.1 Å². The molecule has 0 bridgehead atoms. The zero-order valence-electron chi connectivity index (χ0n) is 10.6. The number of hydrogen-bond acceptors (Lipinski definition) is 4. The maximum absolute atomic E-state index is 13.8. The first kappa shape index (κ1) is 12.1. The molecule has 4 nitrogen and oxygen atoms in total. The van der Waals surface area contributed by atoms with Gasteiger partial charge in [-0.3, -0.25) is 0 Å². The lowest BCUT2D eigenvalue weighted by Crippen LogP contribution is -2.35. The summed E-state index contributed by atoms with van der Waals surface area (Å²) in [4.78, 5) is 10.2. The number of halogens is 1. The van der Waals surface area contributed by atoms with Gasteiger partial charge in [-0.25, -0.2) is 9.37 Å². The van der Waals surface area contributed by atoms with Crippen LogP contribution in [0.3, 0.4) is 0 Å². The minimum absolute atomic E-state index is 0.337. The fourth-order valence-corrected chi connectivity index (χ4v) is 2.51. The topological polar surface area (TPSA) is 41.1 Å².